The van der Waals surface area contributed by atoms with E-state index >= 15 is 0 Å². The van der Waals surface area contributed by atoms with E-state index in [1.807, 2.05) is 0 Å². The highest BCUT2D eigenvalue weighted by Crippen LogP contribution is 2.26. The highest BCUT2D eigenvalue weighted by molar-refractivity contribution is 5.91. The molecule has 7 nitrogen and oxygen atoms in total. The molecule has 1 heterocycles. The number of carbonyl (C=O) groups excluding carboxylic acids is 1. The van der Waals surface area contributed by atoms with Crippen molar-refractivity contribution < 1.29 is 27.9 Å². The number of aliphatic carboxylic acids is 1. The minimum absolute atomic E-state index is 0.181. The summed E-state index contributed by atoms with van der Waals surface area (Å²) in [7, 11) is 3.54. The zero-order chi connectivity index (χ0) is 25.3. The molecule has 180 valence electrons. The van der Waals surface area contributed by atoms with Crippen molar-refractivity contribution >= 4 is 23.4 Å². The average Bonchev–Trinajstić information content (AvgIpc) is 2.74. The Morgan fingerprint density at radius 1 is 1.21 bits per heavy atom. The number of nitrogens with one attached hydrogen (secondary N) is 1. The van der Waals surface area contributed by atoms with Crippen LogP contribution in [0.25, 0.3) is 0 Å². The van der Waals surface area contributed by atoms with Gasteiger partial charge in [0.15, 0.2) is 0 Å². The Bertz CT molecular complexity index is 1090. The number of carboxylic acid groups (broad SMARTS) is 1. The number of hydrogen-bond acceptors (Lipinski definition) is 5. The molecule has 34 heavy (non-hydrogen) atoms. The fourth-order valence-electron chi connectivity index (χ4n) is 2.96. The van der Waals surface area contributed by atoms with Gasteiger partial charge in [0.2, 0.25) is 5.91 Å². The summed E-state index contributed by atoms with van der Waals surface area (Å²) in [4.78, 5) is 33.5. The maximum Gasteiger partial charge on any atom is 0.416 e. The van der Waals surface area contributed by atoms with Gasteiger partial charge < -0.3 is 15.3 Å². The Labute approximate surface area is 195 Å². The Balaban J connectivity index is 2.00. The summed E-state index contributed by atoms with van der Waals surface area (Å²) in [5.41, 5.74) is 0.968. The zero-order valence-electron chi connectivity index (χ0n) is 18.8. The molecule has 0 saturated heterocycles. The average molecular weight is 474 g/mol. The van der Waals surface area contributed by atoms with Crippen molar-refractivity contribution in [3.05, 3.63) is 83.9 Å². The molecular formula is C24H25F3N4O3. The summed E-state index contributed by atoms with van der Waals surface area (Å²) in [5.74, 6) is -0.396. The van der Waals surface area contributed by atoms with Crippen molar-refractivity contribution in [3.8, 4) is 0 Å². The summed E-state index contributed by atoms with van der Waals surface area (Å²) in [6, 6.07) is 6.87. The second-order valence-corrected chi connectivity index (χ2v) is 7.48. The zero-order valence-corrected chi connectivity index (χ0v) is 18.8. The molecule has 10 heteroatoms. The second-order valence-electron chi connectivity index (χ2n) is 7.48. The molecule has 0 saturated carbocycles. The van der Waals surface area contributed by atoms with E-state index < -0.39 is 23.6 Å². The largest absolute Gasteiger partial charge is 0.481 e. The fourth-order valence-corrected chi connectivity index (χ4v) is 2.96. The molecule has 1 aromatic carbocycles. The van der Waals surface area contributed by atoms with Gasteiger partial charge in [0.05, 0.1) is 12.0 Å². The molecule has 0 spiro atoms. The third-order valence-electron chi connectivity index (χ3n) is 4.48. The first-order chi connectivity index (χ1) is 16.0. The minimum Gasteiger partial charge on any atom is -0.481 e. The van der Waals surface area contributed by atoms with Crippen LogP contribution in [0.2, 0.25) is 0 Å². The van der Waals surface area contributed by atoms with Gasteiger partial charge in [-0.3, -0.25) is 9.59 Å². The number of nitrogens with zero attached hydrogens (tertiary/aromatic N) is 3. The van der Waals surface area contributed by atoms with Gasteiger partial charge in [-0.25, -0.2) is 9.97 Å². The molecule has 2 N–H and O–H groups in total. The van der Waals surface area contributed by atoms with Gasteiger partial charge >= 0.3 is 12.1 Å². The number of aromatic nitrogens is 2. The first-order valence-electron chi connectivity index (χ1n) is 10.2. The number of hydrogen-bond donors (Lipinski definition) is 2. The maximum absolute atomic E-state index is 12.8. The summed E-state index contributed by atoms with van der Waals surface area (Å²) in [6.07, 6.45) is 0.807. The lowest BCUT2D eigenvalue weighted by Crippen LogP contribution is -2.17. The molecule has 0 aliphatic rings. The number of halogens is 3. The number of rotatable bonds is 10. The SMILES string of the molecule is C=C/C=C(\C=C/CC(=O)Nc1ccc(Cc2ncc(CC(=O)O)c(N(C)C)n2)cc1)C(F)(F)F. The van der Waals surface area contributed by atoms with E-state index in [1.165, 1.54) is 6.20 Å². The van der Waals surface area contributed by atoms with Crippen molar-refractivity contribution in [2.24, 2.45) is 0 Å². The van der Waals surface area contributed by atoms with E-state index in [0.717, 1.165) is 29.9 Å². The lowest BCUT2D eigenvalue weighted by Gasteiger charge is -2.16. The monoisotopic (exact) mass is 474 g/mol. The van der Waals surface area contributed by atoms with E-state index in [2.05, 4.69) is 21.9 Å². The second kappa shape index (κ2) is 11.8. The topological polar surface area (TPSA) is 95.4 Å². The summed E-state index contributed by atoms with van der Waals surface area (Å²) in [6.45, 7) is 3.25. The van der Waals surface area contributed by atoms with Crippen LogP contribution in [0.15, 0.2) is 66.9 Å². The fraction of sp³-hybridized carbons (Fsp3) is 0.250. The van der Waals surface area contributed by atoms with Gasteiger partial charge in [-0.15, -0.1) is 0 Å². The van der Waals surface area contributed by atoms with Crippen LogP contribution < -0.4 is 10.2 Å². The van der Waals surface area contributed by atoms with Crippen LogP contribution in [-0.2, 0) is 22.4 Å². The number of allylic oxidation sites excluding steroid dienone is 4. The van der Waals surface area contributed by atoms with Crippen molar-refractivity contribution in [1.29, 1.82) is 0 Å². The number of carboxylic acids is 1. The van der Waals surface area contributed by atoms with Crippen LogP contribution in [-0.4, -0.2) is 47.2 Å². The predicted molar refractivity (Wildman–Crippen MR) is 124 cm³/mol. The number of alkyl halides is 3. The van der Waals surface area contributed by atoms with E-state index in [4.69, 9.17) is 5.11 Å². The molecule has 0 aliphatic heterocycles. The summed E-state index contributed by atoms with van der Waals surface area (Å²) in [5, 5.41) is 11.7. The van der Waals surface area contributed by atoms with Crippen LogP contribution in [0.5, 0.6) is 0 Å². The molecule has 0 bridgehead atoms. The molecule has 1 aromatic heterocycles. The van der Waals surface area contributed by atoms with E-state index in [0.29, 0.717) is 29.3 Å². The number of amides is 1. The van der Waals surface area contributed by atoms with Crippen molar-refractivity contribution in [2.75, 3.05) is 24.3 Å². The van der Waals surface area contributed by atoms with Crippen LogP contribution in [0, 0.1) is 0 Å². The van der Waals surface area contributed by atoms with Crippen LogP contribution >= 0.6 is 0 Å². The summed E-state index contributed by atoms with van der Waals surface area (Å²) >= 11 is 0. The molecule has 2 aromatic rings. The molecule has 0 fully saturated rings. The third kappa shape index (κ3) is 8.19. The molecule has 0 atom stereocenters. The Kier molecular flexibility index (Phi) is 9.11. The Morgan fingerprint density at radius 2 is 1.88 bits per heavy atom. The van der Waals surface area contributed by atoms with Crippen LogP contribution in [0.1, 0.15) is 23.4 Å². The third-order valence-corrected chi connectivity index (χ3v) is 4.48. The summed E-state index contributed by atoms with van der Waals surface area (Å²) < 4.78 is 38.4. The lowest BCUT2D eigenvalue weighted by atomic mass is 10.1. The molecule has 0 unspecified atom stereocenters. The maximum atomic E-state index is 12.8. The normalized spacial score (nSPS) is 12.0. The first kappa shape index (κ1) is 26.3. The van der Waals surface area contributed by atoms with Crippen molar-refractivity contribution in [1.82, 2.24) is 9.97 Å². The smallest absolute Gasteiger partial charge is 0.416 e. The number of carbonyl (C=O) groups is 2. The van der Waals surface area contributed by atoms with E-state index in [-0.39, 0.29) is 12.8 Å². The molecule has 0 aliphatic carbocycles. The van der Waals surface area contributed by atoms with Gasteiger partial charge in [0.25, 0.3) is 0 Å². The first-order valence-corrected chi connectivity index (χ1v) is 10.2. The highest BCUT2D eigenvalue weighted by atomic mass is 19.4. The van der Waals surface area contributed by atoms with Crippen molar-refractivity contribution in [3.63, 3.8) is 0 Å². The van der Waals surface area contributed by atoms with Gasteiger partial charge in [-0.1, -0.05) is 43.0 Å². The van der Waals surface area contributed by atoms with Gasteiger partial charge in [-0.2, -0.15) is 13.2 Å². The number of anilines is 2. The number of benzene rings is 1. The predicted octanol–water partition coefficient (Wildman–Crippen LogP) is 4.32. The van der Waals surface area contributed by atoms with Crippen LogP contribution in [0.4, 0.5) is 24.7 Å². The van der Waals surface area contributed by atoms with Gasteiger partial charge in [0.1, 0.15) is 11.6 Å². The standard InChI is InChI=1S/C24H25F3N4O3/c1-4-6-18(24(25,26)27)7-5-8-21(32)29-19-11-9-16(10-12-19)13-20-28-15-17(14-22(33)34)23(30-20)31(2)3/h4-7,9-12,15H,1,8,13-14H2,2-3H3,(H,29,32)(H,33,34)/b7-5-,18-6+. The molecule has 1 amide bonds. The quantitative estimate of drug-likeness (QED) is 0.498. The molecule has 0 radical (unpaired) electrons. The molecular weight excluding hydrogens is 449 g/mol. The van der Waals surface area contributed by atoms with Crippen LogP contribution in [0.3, 0.4) is 0 Å². The highest BCUT2D eigenvalue weighted by Gasteiger charge is 2.31. The molecule has 2 rings (SSSR count). The lowest BCUT2D eigenvalue weighted by molar-refractivity contribution is -0.136. The Morgan fingerprint density at radius 3 is 2.44 bits per heavy atom. The Hall–Kier alpha value is -3.95. The van der Waals surface area contributed by atoms with Crippen molar-refractivity contribution in [2.45, 2.75) is 25.4 Å². The minimum atomic E-state index is -4.52. The van der Waals surface area contributed by atoms with E-state index in [1.54, 1.807) is 43.3 Å². The van der Waals surface area contributed by atoms with E-state index in [9.17, 15) is 22.8 Å². The van der Waals surface area contributed by atoms with Gasteiger partial charge in [0, 0.05) is 44.4 Å². The van der Waals surface area contributed by atoms with Gasteiger partial charge in [-0.05, 0) is 17.7 Å².